The second-order valence-corrected chi connectivity index (χ2v) is 7.53. The normalized spacial score (nSPS) is 11.7. The lowest BCUT2D eigenvalue weighted by molar-refractivity contribution is 0.581. The maximum absolute atomic E-state index is 13.2. The highest BCUT2D eigenvalue weighted by atomic mass is 79.9. The average molecular weight is 279 g/mol. The van der Waals surface area contributed by atoms with Gasteiger partial charge in [-0.15, -0.1) is 0 Å². The Balaban J connectivity index is 3.19. The maximum Gasteiger partial charge on any atom is 0.138 e. The van der Waals surface area contributed by atoms with E-state index in [4.69, 9.17) is 0 Å². The molecule has 0 unspecified atom stereocenters. The molecule has 0 aliphatic carbocycles. The third kappa shape index (κ3) is 2.26. The van der Waals surface area contributed by atoms with Gasteiger partial charge in [-0.25, -0.2) is 4.39 Å². The summed E-state index contributed by atoms with van der Waals surface area (Å²) in [4.78, 5) is 0. The van der Waals surface area contributed by atoms with Gasteiger partial charge in [0.2, 0.25) is 0 Å². The van der Waals surface area contributed by atoms with Crippen LogP contribution in [0.1, 0.15) is 13.8 Å². The monoisotopic (exact) mass is 278 g/mol. The van der Waals surface area contributed by atoms with Gasteiger partial charge in [0, 0.05) is 17.6 Å². The summed E-state index contributed by atoms with van der Waals surface area (Å²) in [7, 11) is -2.34. The summed E-state index contributed by atoms with van der Waals surface area (Å²) in [6.45, 7) is 3.76. The van der Waals surface area contributed by atoms with Crippen LogP contribution in [-0.4, -0.2) is 12.3 Å². The van der Waals surface area contributed by atoms with Gasteiger partial charge in [-0.1, -0.05) is 19.9 Å². The first-order valence-corrected chi connectivity index (χ1v) is 7.44. The van der Waals surface area contributed by atoms with Crippen molar-refractivity contribution in [1.29, 1.82) is 0 Å². The average Bonchev–Trinajstić information content (AvgIpc) is 2.21. The van der Waals surface area contributed by atoms with E-state index in [0.29, 0.717) is 22.1 Å². The molecule has 0 aliphatic rings. The number of halogens is 2. The lowest BCUT2D eigenvalue weighted by Gasteiger charge is -2.14. The fourth-order valence-electron chi connectivity index (χ4n) is 1.33. The Kier molecular flexibility index (Phi) is 3.91. The van der Waals surface area contributed by atoms with Gasteiger partial charge < -0.3 is 4.57 Å². The van der Waals surface area contributed by atoms with Crippen LogP contribution in [0.2, 0.25) is 0 Å². The van der Waals surface area contributed by atoms with Gasteiger partial charge in [0.25, 0.3) is 0 Å². The Morgan fingerprint density at radius 2 is 1.93 bits per heavy atom. The van der Waals surface area contributed by atoms with Gasteiger partial charge >= 0.3 is 0 Å². The summed E-state index contributed by atoms with van der Waals surface area (Å²) in [6.07, 6.45) is 1.18. The zero-order valence-corrected chi connectivity index (χ0v) is 10.7. The number of hydrogen-bond acceptors (Lipinski definition) is 1. The maximum atomic E-state index is 13.2. The van der Waals surface area contributed by atoms with Crippen LogP contribution in [0, 0.1) is 5.82 Å². The summed E-state index contributed by atoms with van der Waals surface area (Å²) in [5.41, 5.74) is 0. The molecule has 4 heteroatoms. The molecular weight excluding hydrogens is 266 g/mol. The molecule has 0 spiro atoms. The Bertz CT molecular complexity index is 370. The molecule has 0 saturated heterocycles. The zero-order valence-electron chi connectivity index (χ0n) is 8.26. The van der Waals surface area contributed by atoms with E-state index in [1.165, 1.54) is 6.07 Å². The molecular formula is C10H13BrFOP. The molecule has 1 nitrogen and oxygen atoms in total. The highest BCUT2D eigenvalue weighted by molar-refractivity contribution is 9.10. The third-order valence-electron chi connectivity index (χ3n) is 2.40. The van der Waals surface area contributed by atoms with Crippen LogP contribution in [0.25, 0.3) is 0 Å². The summed E-state index contributed by atoms with van der Waals surface area (Å²) in [5.74, 6) is -0.343. The molecule has 0 heterocycles. The lowest BCUT2D eigenvalue weighted by atomic mass is 10.3. The van der Waals surface area contributed by atoms with Crippen molar-refractivity contribution in [2.24, 2.45) is 0 Å². The molecule has 1 rings (SSSR count). The lowest BCUT2D eigenvalue weighted by Crippen LogP contribution is -2.09. The standard InChI is InChI=1S/C10H13BrFOP/c1-3-14(13,4-2)8-5-6-9(11)10(12)7-8/h5-7H,3-4H2,1-2H3. The van der Waals surface area contributed by atoms with Crippen molar-refractivity contribution >= 4 is 28.4 Å². The van der Waals surface area contributed by atoms with E-state index in [1.807, 2.05) is 13.8 Å². The molecule has 0 saturated carbocycles. The van der Waals surface area contributed by atoms with Crippen molar-refractivity contribution in [2.45, 2.75) is 13.8 Å². The van der Waals surface area contributed by atoms with Crippen LogP contribution in [0.15, 0.2) is 22.7 Å². The summed E-state index contributed by atoms with van der Waals surface area (Å²) >= 11 is 3.08. The second-order valence-electron chi connectivity index (χ2n) is 3.12. The predicted molar refractivity (Wildman–Crippen MR) is 62.4 cm³/mol. The second kappa shape index (κ2) is 4.59. The van der Waals surface area contributed by atoms with E-state index < -0.39 is 7.14 Å². The van der Waals surface area contributed by atoms with Gasteiger partial charge in [0.15, 0.2) is 0 Å². The first kappa shape index (κ1) is 11.9. The molecule has 0 fully saturated rings. The fourth-order valence-corrected chi connectivity index (χ4v) is 3.45. The van der Waals surface area contributed by atoms with Crippen molar-refractivity contribution < 1.29 is 8.96 Å². The number of rotatable bonds is 3. The number of hydrogen-bond donors (Lipinski definition) is 0. The Morgan fingerprint density at radius 1 is 1.36 bits per heavy atom. The Hall–Kier alpha value is -0.140. The predicted octanol–water partition coefficient (Wildman–Crippen LogP) is 3.62. The van der Waals surface area contributed by atoms with E-state index in [2.05, 4.69) is 15.9 Å². The van der Waals surface area contributed by atoms with Crippen LogP contribution in [0.5, 0.6) is 0 Å². The van der Waals surface area contributed by atoms with Crippen molar-refractivity contribution in [1.82, 2.24) is 0 Å². The molecule has 0 bridgehead atoms. The van der Waals surface area contributed by atoms with E-state index >= 15 is 0 Å². The van der Waals surface area contributed by atoms with Crippen molar-refractivity contribution in [3.05, 3.63) is 28.5 Å². The van der Waals surface area contributed by atoms with Crippen LogP contribution in [0.3, 0.4) is 0 Å². The molecule has 1 aromatic rings. The quantitative estimate of drug-likeness (QED) is 0.772. The third-order valence-corrected chi connectivity index (χ3v) is 6.30. The molecule has 0 radical (unpaired) electrons. The molecule has 0 aliphatic heterocycles. The highest BCUT2D eigenvalue weighted by Crippen LogP contribution is 2.43. The smallest absolute Gasteiger partial charge is 0.138 e. The summed E-state index contributed by atoms with van der Waals surface area (Å²) in [6, 6.07) is 4.72. The molecule has 1 aromatic carbocycles. The highest BCUT2D eigenvalue weighted by Gasteiger charge is 2.20. The topological polar surface area (TPSA) is 17.1 Å². The molecule has 0 N–H and O–H groups in total. The van der Waals surface area contributed by atoms with Crippen LogP contribution < -0.4 is 5.30 Å². The minimum Gasteiger partial charge on any atom is -0.319 e. The Morgan fingerprint density at radius 3 is 2.36 bits per heavy atom. The molecule has 78 valence electrons. The van der Waals surface area contributed by atoms with Gasteiger partial charge in [-0.05, 0) is 28.1 Å². The van der Waals surface area contributed by atoms with E-state index in [1.54, 1.807) is 12.1 Å². The van der Waals surface area contributed by atoms with Crippen molar-refractivity contribution in [3.8, 4) is 0 Å². The number of benzene rings is 1. The summed E-state index contributed by atoms with van der Waals surface area (Å²) < 4.78 is 25.9. The minimum absolute atomic E-state index is 0.343. The van der Waals surface area contributed by atoms with Crippen molar-refractivity contribution in [2.75, 3.05) is 12.3 Å². The largest absolute Gasteiger partial charge is 0.319 e. The molecule has 0 aromatic heterocycles. The van der Waals surface area contributed by atoms with Gasteiger partial charge in [0.05, 0.1) is 4.47 Å². The van der Waals surface area contributed by atoms with Crippen molar-refractivity contribution in [3.63, 3.8) is 0 Å². The van der Waals surface area contributed by atoms with Crippen LogP contribution in [-0.2, 0) is 4.57 Å². The van der Waals surface area contributed by atoms with Crippen LogP contribution in [0.4, 0.5) is 4.39 Å². The summed E-state index contributed by atoms with van der Waals surface area (Å²) in [5, 5.41) is 0.642. The van der Waals surface area contributed by atoms with E-state index in [0.717, 1.165) is 0 Å². The fraction of sp³-hybridized carbons (Fsp3) is 0.400. The molecule has 0 amide bonds. The van der Waals surface area contributed by atoms with Crippen LogP contribution >= 0.6 is 23.1 Å². The van der Waals surface area contributed by atoms with E-state index in [9.17, 15) is 8.96 Å². The minimum atomic E-state index is -2.34. The Labute approximate surface area is 92.2 Å². The zero-order chi connectivity index (χ0) is 10.8. The molecule has 0 atom stereocenters. The SMILES string of the molecule is CCP(=O)(CC)c1ccc(Br)c(F)c1. The molecule has 14 heavy (non-hydrogen) atoms. The van der Waals surface area contributed by atoms with Gasteiger partial charge in [-0.2, -0.15) is 0 Å². The van der Waals surface area contributed by atoms with E-state index in [-0.39, 0.29) is 5.82 Å². The van der Waals surface area contributed by atoms with Gasteiger partial charge in [-0.3, -0.25) is 0 Å². The first-order chi connectivity index (χ1) is 6.53. The van der Waals surface area contributed by atoms with Gasteiger partial charge in [0.1, 0.15) is 13.0 Å². The first-order valence-electron chi connectivity index (χ1n) is 4.57.